The molecule has 0 amide bonds. The molecule has 21 heavy (non-hydrogen) atoms. The zero-order valence-corrected chi connectivity index (χ0v) is 13.3. The minimum Gasteiger partial charge on any atom is -0.377 e. The molecular weight excluding hydrogens is 262 g/mol. The van der Waals surface area contributed by atoms with Crippen molar-refractivity contribution in [1.82, 2.24) is 4.90 Å². The van der Waals surface area contributed by atoms with E-state index in [-0.39, 0.29) is 5.78 Å². The van der Waals surface area contributed by atoms with Crippen molar-refractivity contribution < 1.29 is 9.53 Å². The first-order valence-corrected chi connectivity index (χ1v) is 8.19. The molecule has 1 aliphatic rings. The minimum absolute atomic E-state index is 0.216. The Hall–Kier alpha value is -1.19. The molecular formula is C18H27NO2. The van der Waals surface area contributed by atoms with Gasteiger partial charge in [0.2, 0.25) is 0 Å². The van der Waals surface area contributed by atoms with Crippen LogP contribution in [0, 0.1) is 0 Å². The van der Waals surface area contributed by atoms with Crippen molar-refractivity contribution >= 4 is 5.78 Å². The van der Waals surface area contributed by atoms with Crippen LogP contribution in [0.2, 0.25) is 0 Å². The molecule has 3 heteroatoms. The van der Waals surface area contributed by atoms with Crippen LogP contribution in [0.5, 0.6) is 0 Å². The van der Waals surface area contributed by atoms with Crippen LogP contribution in [0.3, 0.4) is 0 Å². The van der Waals surface area contributed by atoms with E-state index in [9.17, 15) is 4.79 Å². The largest absolute Gasteiger partial charge is 0.377 e. The van der Waals surface area contributed by atoms with Gasteiger partial charge in [-0.15, -0.1) is 0 Å². The average molecular weight is 289 g/mol. The molecule has 1 saturated heterocycles. The van der Waals surface area contributed by atoms with Crippen molar-refractivity contribution in [3.05, 3.63) is 35.4 Å². The molecule has 1 aromatic rings. The average Bonchev–Trinajstić information content (AvgIpc) is 2.53. The fourth-order valence-electron chi connectivity index (χ4n) is 2.80. The molecule has 1 fully saturated rings. The van der Waals surface area contributed by atoms with Gasteiger partial charge in [0.05, 0.1) is 12.6 Å². The van der Waals surface area contributed by atoms with Gasteiger partial charge in [0, 0.05) is 18.7 Å². The molecule has 0 bridgehead atoms. The summed E-state index contributed by atoms with van der Waals surface area (Å²) in [5, 5.41) is 0. The summed E-state index contributed by atoms with van der Waals surface area (Å²) in [5.41, 5.74) is 2.10. The van der Waals surface area contributed by atoms with E-state index in [0.29, 0.717) is 12.6 Å². The number of aryl methyl sites for hydroxylation is 1. The maximum Gasteiger partial charge on any atom is 0.176 e. The number of hydrogen-bond acceptors (Lipinski definition) is 3. The Morgan fingerprint density at radius 3 is 2.71 bits per heavy atom. The van der Waals surface area contributed by atoms with E-state index in [1.165, 1.54) is 5.56 Å². The molecule has 0 aliphatic carbocycles. The maximum absolute atomic E-state index is 12.4. The van der Waals surface area contributed by atoms with Gasteiger partial charge in [-0.25, -0.2) is 0 Å². The third-order valence-corrected chi connectivity index (χ3v) is 4.07. The van der Waals surface area contributed by atoms with Crippen LogP contribution in [-0.2, 0) is 11.2 Å². The molecule has 1 aliphatic heterocycles. The van der Waals surface area contributed by atoms with E-state index < -0.39 is 0 Å². The smallest absolute Gasteiger partial charge is 0.176 e. The lowest BCUT2D eigenvalue weighted by Gasteiger charge is -2.32. The van der Waals surface area contributed by atoms with E-state index in [1.54, 1.807) is 0 Å². The van der Waals surface area contributed by atoms with E-state index in [0.717, 1.165) is 50.9 Å². The van der Waals surface area contributed by atoms with Gasteiger partial charge in [-0.05, 0) is 37.8 Å². The van der Waals surface area contributed by atoms with Crippen molar-refractivity contribution in [3.8, 4) is 0 Å². The molecule has 0 radical (unpaired) electrons. The molecule has 2 rings (SSSR count). The Morgan fingerprint density at radius 2 is 2.05 bits per heavy atom. The molecule has 0 saturated carbocycles. The highest BCUT2D eigenvalue weighted by Gasteiger charge is 2.22. The molecule has 0 aromatic heterocycles. The van der Waals surface area contributed by atoms with E-state index in [2.05, 4.69) is 30.9 Å². The Bertz CT molecular complexity index is 441. The molecule has 1 aromatic carbocycles. The van der Waals surface area contributed by atoms with Gasteiger partial charge in [-0.3, -0.25) is 9.69 Å². The van der Waals surface area contributed by atoms with Crippen LogP contribution in [-0.4, -0.2) is 43.0 Å². The summed E-state index contributed by atoms with van der Waals surface area (Å²) in [6, 6.07) is 8.01. The molecule has 1 unspecified atom stereocenters. The molecule has 3 nitrogen and oxygen atoms in total. The number of carbonyl (C=O) groups excluding carboxylic acids is 1. The number of likely N-dealkylation sites (tertiary alicyclic amines) is 1. The van der Waals surface area contributed by atoms with Crippen LogP contribution >= 0.6 is 0 Å². The Labute approximate surface area is 128 Å². The minimum atomic E-state index is 0.216. The van der Waals surface area contributed by atoms with Gasteiger partial charge in [-0.1, -0.05) is 38.1 Å². The highest BCUT2D eigenvalue weighted by atomic mass is 16.5. The number of benzene rings is 1. The third-order valence-electron chi connectivity index (χ3n) is 4.07. The number of rotatable bonds is 7. The zero-order chi connectivity index (χ0) is 15.1. The number of Topliss-reactive ketones (excluding diaryl/α,β-unsaturated/α-hetero) is 1. The fraction of sp³-hybridized carbons (Fsp3) is 0.611. The second kappa shape index (κ2) is 8.30. The predicted octanol–water partition coefficient (Wildman–Crippen LogP) is 3.32. The lowest BCUT2D eigenvalue weighted by atomic mass is 10.0. The zero-order valence-electron chi connectivity index (χ0n) is 13.3. The summed E-state index contributed by atoms with van der Waals surface area (Å²) in [4.78, 5) is 14.6. The van der Waals surface area contributed by atoms with E-state index in [1.807, 2.05) is 12.1 Å². The second-order valence-corrected chi connectivity index (χ2v) is 5.84. The maximum atomic E-state index is 12.4. The summed E-state index contributed by atoms with van der Waals surface area (Å²) in [5.74, 6) is 0.216. The quantitative estimate of drug-likeness (QED) is 0.721. The molecule has 1 heterocycles. The van der Waals surface area contributed by atoms with Gasteiger partial charge < -0.3 is 4.74 Å². The van der Waals surface area contributed by atoms with E-state index >= 15 is 0 Å². The normalized spacial score (nSPS) is 19.6. The van der Waals surface area contributed by atoms with Crippen LogP contribution in [0.15, 0.2) is 24.3 Å². The van der Waals surface area contributed by atoms with Crippen LogP contribution in [0.1, 0.15) is 49.0 Å². The predicted molar refractivity (Wildman–Crippen MR) is 85.9 cm³/mol. The van der Waals surface area contributed by atoms with Gasteiger partial charge in [0.1, 0.15) is 0 Å². The summed E-state index contributed by atoms with van der Waals surface area (Å²) in [6.07, 6.45) is 4.61. The number of piperidine rings is 1. The second-order valence-electron chi connectivity index (χ2n) is 5.84. The van der Waals surface area contributed by atoms with Gasteiger partial charge >= 0.3 is 0 Å². The van der Waals surface area contributed by atoms with Crippen molar-refractivity contribution in [2.45, 2.75) is 45.6 Å². The third kappa shape index (κ3) is 4.94. The highest BCUT2D eigenvalue weighted by Crippen LogP contribution is 2.14. The van der Waals surface area contributed by atoms with Crippen LogP contribution in [0.25, 0.3) is 0 Å². The molecule has 0 N–H and O–H groups in total. The van der Waals surface area contributed by atoms with Gasteiger partial charge in [0.15, 0.2) is 5.78 Å². The standard InChI is InChI=1S/C18H27NO2/c1-3-12-21-17-6-5-11-19(13-17)14-18(20)16-9-7-15(4-2)8-10-16/h7-10,17H,3-6,11-14H2,1-2H3. The van der Waals surface area contributed by atoms with Crippen molar-refractivity contribution in [3.63, 3.8) is 0 Å². The SMILES string of the molecule is CCCOC1CCCN(CC(=O)c2ccc(CC)cc2)C1. The summed E-state index contributed by atoms with van der Waals surface area (Å²) in [6.45, 7) is 7.48. The number of ether oxygens (including phenoxy) is 1. The Balaban J connectivity index is 1.86. The number of nitrogens with zero attached hydrogens (tertiary/aromatic N) is 1. The fourth-order valence-corrected chi connectivity index (χ4v) is 2.80. The Morgan fingerprint density at radius 1 is 1.29 bits per heavy atom. The molecule has 1 atom stereocenters. The van der Waals surface area contributed by atoms with Gasteiger partial charge in [0.25, 0.3) is 0 Å². The van der Waals surface area contributed by atoms with Crippen molar-refractivity contribution in [1.29, 1.82) is 0 Å². The lowest BCUT2D eigenvalue weighted by molar-refractivity contribution is 0.00131. The van der Waals surface area contributed by atoms with Gasteiger partial charge in [-0.2, -0.15) is 0 Å². The first-order chi connectivity index (χ1) is 10.2. The first-order valence-electron chi connectivity index (χ1n) is 8.19. The summed E-state index contributed by atoms with van der Waals surface area (Å²) < 4.78 is 5.83. The molecule has 116 valence electrons. The first kappa shape index (κ1) is 16.2. The number of carbonyl (C=O) groups is 1. The molecule has 0 spiro atoms. The summed E-state index contributed by atoms with van der Waals surface area (Å²) in [7, 11) is 0. The monoisotopic (exact) mass is 289 g/mol. The van der Waals surface area contributed by atoms with Crippen LogP contribution in [0.4, 0.5) is 0 Å². The lowest BCUT2D eigenvalue weighted by Crippen LogP contribution is -2.42. The topological polar surface area (TPSA) is 29.5 Å². The number of ketones is 1. The van der Waals surface area contributed by atoms with Crippen molar-refractivity contribution in [2.75, 3.05) is 26.2 Å². The highest BCUT2D eigenvalue weighted by molar-refractivity contribution is 5.97. The van der Waals surface area contributed by atoms with Crippen LogP contribution < -0.4 is 0 Å². The van der Waals surface area contributed by atoms with E-state index in [4.69, 9.17) is 4.74 Å². The summed E-state index contributed by atoms with van der Waals surface area (Å²) >= 11 is 0. The van der Waals surface area contributed by atoms with Crippen molar-refractivity contribution in [2.24, 2.45) is 0 Å². The number of hydrogen-bond donors (Lipinski definition) is 0. The Kier molecular flexibility index (Phi) is 6.40.